The summed E-state index contributed by atoms with van der Waals surface area (Å²) < 4.78 is 13.8. The maximum atomic E-state index is 13.8. The molecule has 1 atom stereocenters. The molecule has 0 saturated heterocycles. The zero-order valence-corrected chi connectivity index (χ0v) is 13.8. The van der Waals surface area contributed by atoms with Crippen molar-refractivity contribution in [1.82, 2.24) is 5.32 Å². The fourth-order valence-corrected chi connectivity index (χ4v) is 2.88. The number of nitrogens with one attached hydrogen (secondary N) is 1. The molecule has 0 aliphatic heterocycles. The summed E-state index contributed by atoms with van der Waals surface area (Å²) in [6, 6.07) is 10.0. The number of alkyl halides is 1. The summed E-state index contributed by atoms with van der Waals surface area (Å²) in [6.07, 6.45) is 0.899. The normalized spacial score (nSPS) is 12.6. The number of fused-ring (bicyclic) bond motifs is 1. The molecule has 0 spiro atoms. The first-order valence-electron chi connectivity index (χ1n) is 7.07. The van der Waals surface area contributed by atoms with Crippen molar-refractivity contribution in [2.75, 3.05) is 5.33 Å². The van der Waals surface area contributed by atoms with E-state index in [4.69, 9.17) is 0 Å². The van der Waals surface area contributed by atoms with Crippen molar-refractivity contribution in [2.24, 2.45) is 5.92 Å². The lowest BCUT2D eigenvalue weighted by molar-refractivity contribution is 0.0939. The first kappa shape index (κ1) is 16.0. The maximum Gasteiger partial charge on any atom is 0.252 e. The molecule has 2 aromatic carbocycles. The van der Waals surface area contributed by atoms with E-state index in [9.17, 15) is 9.18 Å². The van der Waals surface area contributed by atoms with Gasteiger partial charge in [-0.2, -0.15) is 0 Å². The standard InChI is InChI=1S/C17H19BrFNO/c1-11(2)9-12(10-18)20-17(21)15-7-8-16(19)14-6-4-3-5-13(14)15/h3-8,11-12H,9-10H2,1-2H3,(H,20,21). The number of amides is 1. The Morgan fingerprint density at radius 3 is 2.48 bits per heavy atom. The minimum absolute atomic E-state index is 0.0707. The molecule has 0 fully saturated rings. The number of benzene rings is 2. The monoisotopic (exact) mass is 351 g/mol. The Morgan fingerprint density at radius 2 is 1.86 bits per heavy atom. The van der Waals surface area contributed by atoms with Crippen LogP contribution >= 0.6 is 15.9 Å². The Balaban J connectivity index is 2.29. The van der Waals surface area contributed by atoms with Crippen LogP contribution in [0.4, 0.5) is 4.39 Å². The van der Waals surface area contributed by atoms with E-state index in [2.05, 4.69) is 35.1 Å². The highest BCUT2D eigenvalue weighted by molar-refractivity contribution is 9.09. The second-order valence-corrected chi connectivity index (χ2v) is 6.24. The van der Waals surface area contributed by atoms with Crippen LogP contribution in [0.5, 0.6) is 0 Å². The Bertz CT molecular complexity index is 642. The van der Waals surface area contributed by atoms with Gasteiger partial charge in [-0.15, -0.1) is 0 Å². The Kier molecular flexibility index (Phi) is 5.34. The minimum atomic E-state index is -0.304. The third-order valence-electron chi connectivity index (χ3n) is 3.39. The maximum absolute atomic E-state index is 13.8. The molecule has 0 saturated carbocycles. The van der Waals surface area contributed by atoms with Crippen molar-refractivity contribution < 1.29 is 9.18 Å². The smallest absolute Gasteiger partial charge is 0.252 e. The topological polar surface area (TPSA) is 29.1 Å². The van der Waals surface area contributed by atoms with Gasteiger partial charge in [-0.05, 0) is 29.9 Å². The van der Waals surface area contributed by atoms with Crippen LogP contribution in [0.3, 0.4) is 0 Å². The van der Waals surface area contributed by atoms with Gasteiger partial charge in [-0.3, -0.25) is 4.79 Å². The van der Waals surface area contributed by atoms with Gasteiger partial charge in [0.1, 0.15) is 5.82 Å². The first-order chi connectivity index (χ1) is 10.0. The largest absolute Gasteiger partial charge is 0.348 e. The average molecular weight is 352 g/mol. The van der Waals surface area contributed by atoms with Crippen molar-refractivity contribution >= 4 is 32.6 Å². The molecule has 0 heterocycles. The van der Waals surface area contributed by atoms with Crippen LogP contribution in [0, 0.1) is 11.7 Å². The number of hydrogen-bond donors (Lipinski definition) is 1. The van der Waals surface area contributed by atoms with Gasteiger partial charge in [0.2, 0.25) is 0 Å². The fourth-order valence-electron chi connectivity index (χ4n) is 2.45. The van der Waals surface area contributed by atoms with E-state index in [1.807, 2.05) is 6.07 Å². The third kappa shape index (κ3) is 3.82. The van der Waals surface area contributed by atoms with Crippen LogP contribution in [0.15, 0.2) is 36.4 Å². The zero-order chi connectivity index (χ0) is 15.4. The summed E-state index contributed by atoms with van der Waals surface area (Å²) >= 11 is 3.43. The predicted molar refractivity (Wildman–Crippen MR) is 88.4 cm³/mol. The summed E-state index contributed by atoms with van der Waals surface area (Å²) in [5, 5.41) is 4.84. The van der Waals surface area contributed by atoms with Crippen LogP contribution in [0.1, 0.15) is 30.6 Å². The van der Waals surface area contributed by atoms with Gasteiger partial charge < -0.3 is 5.32 Å². The second kappa shape index (κ2) is 7.03. The molecule has 0 aliphatic carbocycles. The molecule has 4 heteroatoms. The van der Waals surface area contributed by atoms with Gasteiger partial charge in [0.05, 0.1) is 0 Å². The SMILES string of the molecule is CC(C)CC(CBr)NC(=O)c1ccc(F)c2ccccc12. The van der Waals surface area contributed by atoms with Crippen LogP contribution < -0.4 is 5.32 Å². The molecule has 0 bridgehead atoms. The summed E-state index contributed by atoms with van der Waals surface area (Å²) in [5.74, 6) is 0.0375. The molecule has 2 aromatic rings. The van der Waals surface area contributed by atoms with E-state index < -0.39 is 0 Å². The number of hydrogen-bond acceptors (Lipinski definition) is 1. The van der Waals surface area contributed by atoms with E-state index in [0.29, 0.717) is 27.6 Å². The third-order valence-corrected chi connectivity index (χ3v) is 4.17. The van der Waals surface area contributed by atoms with Gasteiger partial charge in [-0.25, -0.2) is 4.39 Å². The van der Waals surface area contributed by atoms with Crippen molar-refractivity contribution in [2.45, 2.75) is 26.3 Å². The second-order valence-electron chi connectivity index (χ2n) is 5.59. The van der Waals surface area contributed by atoms with Crippen LogP contribution in [0.2, 0.25) is 0 Å². The molecule has 1 unspecified atom stereocenters. The van der Waals surface area contributed by atoms with Gasteiger partial charge in [0, 0.05) is 22.3 Å². The fraction of sp³-hybridized carbons (Fsp3) is 0.353. The van der Waals surface area contributed by atoms with E-state index in [1.165, 1.54) is 6.07 Å². The van der Waals surface area contributed by atoms with Crippen LogP contribution in [-0.2, 0) is 0 Å². The van der Waals surface area contributed by atoms with Gasteiger partial charge in [0.15, 0.2) is 0 Å². The minimum Gasteiger partial charge on any atom is -0.348 e. The van der Waals surface area contributed by atoms with Gasteiger partial charge in [-0.1, -0.05) is 54.0 Å². The van der Waals surface area contributed by atoms with Gasteiger partial charge in [0.25, 0.3) is 5.91 Å². The van der Waals surface area contributed by atoms with E-state index in [0.717, 1.165) is 6.42 Å². The van der Waals surface area contributed by atoms with Gasteiger partial charge >= 0.3 is 0 Å². The Morgan fingerprint density at radius 1 is 1.19 bits per heavy atom. The summed E-state index contributed by atoms with van der Waals surface area (Å²) in [4.78, 5) is 12.5. The Labute approximate surface area is 132 Å². The molecule has 2 rings (SSSR count). The average Bonchev–Trinajstić information content (AvgIpc) is 2.46. The molecular formula is C17H19BrFNO. The number of rotatable bonds is 5. The van der Waals surface area contributed by atoms with E-state index in [-0.39, 0.29) is 17.8 Å². The first-order valence-corrected chi connectivity index (χ1v) is 8.19. The number of carbonyl (C=O) groups excluding carboxylic acids is 1. The summed E-state index contributed by atoms with van der Waals surface area (Å²) in [7, 11) is 0. The highest BCUT2D eigenvalue weighted by atomic mass is 79.9. The van der Waals surface area contributed by atoms with Crippen LogP contribution in [0.25, 0.3) is 10.8 Å². The summed E-state index contributed by atoms with van der Waals surface area (Å²) in [5.41, 5.74) is 0.515. The van der Waals surface area contributed by atoms with Crippen molar-refractivity contribution in [1.29, 1.82) is 0 Å². The molecule has 0 radical (unpaired) electrons. The quantitative estimate of drug-likeness (QED) is 0.788. The number of halogens is 2. The lowest BCUT2D eigenvalue weighted by Gasteiger charge is -2.19. The lowest BCUT2D eigenvalue weighted by atomic mass is 10.0. The predicted octanol–water partition coefficient (Wildman–Crippen LogP) is 4.52. The Hall–Kier alpha value is -1.42. The highest BCUT2D eigenvalue weighted by Crippen LogP contribution is 2.22. The van der Waals surface area contributed by atoms with E-state index >= 15 is 0 Å². The molecule has 21 heavy (non-hydrogen) atoms. The van der Waals surface area contributed by atoms with Crippen molar-refractivity contribution in [3.8, 4) is 0 Å². The summed E-state index contributed by atoms with van der Waals surface area (Å²) in [6.45, 7) is 4.24. The number of carbonyl (C=O) groups is 1. The molecule has 1 N–H and O–H groups in total. The zero-order valence-electron chi connectivity index (χ0n) is 12.2. The van der Waals surface area contributed by atoms with Crippen LogP contribution in [-0.4, -0.2) is 17.3 Å². The molecule has 0 aliphatic rings. The molecule has 0 aromatic heterocycles. The molecule has 2 nitrogen and oxygen atoms in total. The molecular weight excluding hydrogens is 333 g/mol. The lowest BCUT2D eigenvalue weighted by Crippen LogP contribution is -2.37. The highest BCUT2D eigenvalue weighted by Gasteiger charge is 2.17. The van der Waals surface area contributed by atoms with Crippen molar-refractivity contribution in [3.05, 3.63) is 47.8 Å². The molecule has 112 valence electrons. The van der Waals surface area contributed by atoms with Crippen molar-refractivity contribution in [3.63, 3.8) is 0 Å². The van der Waals surface area contributed by atoms with E-state index in [1.54, 1.807) is 24.3 Å². The molecule has 1 amide bonds.